The summed E-state index contributed by atoms with van der Waals surface area (Å²) in [5.41, 5.74) is 3.94. The molecule has 1 saturated carbocycles. The van der Waals surface area contributed by atoms with Crippen LogP contribution in [0.1, 0.15) is 44.2 Å². The van der Waals surface area contributed by atoms with E-state index < -0.39 is 0 Å². The number of aliphatic hydroxyl groups excluding tert-OH is 1. The third kappa shape index (κ3) is 3.74. The molecule has 0 aliphatic heterocycles. The highest BCUT2D eigenvalue weighted by Crippen LogP contribution is 2.32. The molecule has 3 heteroatoms. The smallest absolute Gasteiger partial charge is 0.0606 e. The largest absolute Gasteiger partial charge is 0.395 e. The third-order valence-electron chi connectivity index (χ3n) is 4.10. The molecule has 2 N–H and O–H groups in total. The summed E-state index contributed by atoms with van der Waals surface area (Å²) in [5, 5.41) is 12.9. The Labute approximate surface area is 123 Å². The number of nitrogens with one attached hydrogen (secondary N) is 1. The van der Waals surface area contributed by atoms with Gasteiger partial charge in [0.15, 0.2) is 0 Å². The van der Waals surface area contributed by atoms with Gasteiger partial charge in [-0.3, -0.25) is 0 Å². The minimum atomic E-state index is 0.224. The van der Waals surface area contributed by atoms with E-state index in [9.17, 15) is 5.11 Å². The monoisotopic (exact) mass is 276 g/mol. The van der Waals surface area contributed by atoms with E-state index >= 15 is 0 Å². The fourth-order valence-electron chi connectivity index (χ4n) is 2.76. The van der Waals surface area contributed by atoms with Crippen molar-refractivity contribution in [1.29, 1.82) is 0 Å². The first-order valence-electron chi connectivity index (χ1n) is 7.82. The highest BCUT2D eigenvalue weighted by Gasteiger charge is 2.26. The first-order valence-corrected chi connectivity index (χ1v) is 7.82. The number of rotatable bonds is 7. The number of aliphatic hydroxyl groups is 1. The zero-order valence-corrected chi connectivity index (χ0v) is 13.0. The van der Waals surface area contributed by atoms with E-state index in [1.807, 2.05) is 0 Å². The van der Waals surface area contributed by atoms with E-state index in [0.29, 0.717) is 12.1 Å². The van der Waals surface area contributed by atoms with E-state index in [0.717, 1.165) is 13.1 Å². The predicted molar refractivity (Wildman–Crippen MR) is 85.2 cm³/mol. The summed E-state index contributed by atoms with van der Waals surface area (Å²) in [6, 6.07) is 7.77. The average Bonchev–Trinajstić information content (AvgIpc) is 2.34. The lowest BCUT2D eigenvalue weighted by molar-refractivity contribution is 0.283. The van der Waals surface area contributed by atoms with Gasteiger partial charge in [-0.2, -0.15) is 0 Å². The molecule has 1 aromatic carbocycles. The molecule has 0 saturated heterocycles. The van der Waals surface area contributed by atoms with Gasteiger partial charge in [-0.05, 0) is 37.8 Å². The van der Waals surface area contributed by atoms with Crippen LogP contribution in [0.25, 0.3) is 0 Å². The predicted octanol–water partition coefficient (Wildman–Crippen LogP) is 2.84. The molecule has 3 nitrogen and oxygen atoms in total. The van der Waals surface area contributed by atoms with Crippen LogP contribution in [0.15, 0.2) is 18.2 Å². The lowest BCUT2D eigenvalue weighted by atomic mass is 9.90. The molecule has 20 heavy (non-hydrogen) atoms. The Balaban J connectivity index is 2.22. The Morgan fingerprint density at radius 2 is 2.10 bits per heavy atom. The minimum absolute atomic E-state index is 0.224. The van der Waals surface area contributed by atoms with Gasteiger partial charge >= 0.3 is 0 Å². The van der Waals surface area contributed by atoms with Crippen molar-refractivity contribution in [2.75, 3.05) is 18.1 Å². The molecule has 1 aliphatic rings. The number of aryl methyl sites for hydroxylation is 1. The first-order chi connectivity index (χ1) is 9.61. The fraction of sp³-hybridized carbons (Fsp3) is 0.647. The third-order valence-corrected chi connectivity index (χ3v) is 4.10. The molecule has 0 heterocycles. The van der Waals surface area contributed by atoms with Gasteiger partial charge in [-0.15, -0.1) is 0 Å². The summed E-state index contributed by atoms with van der Waals surface area (Å²) in [6.07, 6.45) is 3.83. The molecule has 1 aromatic rings. The molecule has 2 rings (SSSR count). The van der Waals surface area contributed by atoms with Crippen molar-refractivity contribution in [2.24, 2.45) is 0 Å². The van der Waals surface area contributed by atoms with Gasteiger partial charge in [0, 0.05) is 30.9 Å². The standard InChI is InChI=1S/C17H28N2O/c1-13(2)18-12-15-11-14(3)7-8-17(15)19(9-10-20)16-5-4-6-16/h7-8,11,13,16,18,20H,4-6,9-10,12H2,1-3H3. The summed E-state index contributed by atoms with van der Waals surface area (Å²) in [7, 11) is 0. The second-order valence-corrected chi connectivity index (χ2v) is 6.17. The van der Waals surface area contributed by atoms with Gasteiger partial charge in [0.25, 0.3) is 0 Å². The van der Waals surface area contributed by atoms with E-state index in [4.69, 9.17) is 0 Å². The molecule has 0 atom stereocenters. The van der Waals surface area contributed by atoms with Gasteiger partial charge in [0.05, 0.1) is 6.61 Å². The quantitative estimate of drug-likeness (QED) is 0.804. The van der Waals surface area contributed by atoms with Crippen molar-refractivity contribution < 1.29 is 5.11 Å². The topological polar surface area (TPSA) is 35.5 Å². The lowest BCUT2D eigenvalue weighted by Gasteiger charge is -2.40. The van der Waals surface area contributed by atoms with Crippen LogP contribution in [0.2, 0.25) is 0 Å². The molecule has 0 spiro atoms. The molecule has 112 valence electrons. The molecule has 0 bridgehead atoms. The van der Waals surface area contributed by atoms with Crippen LogP contribution in [0.3, 0.4) is 0 Å². The van der Waals surface area contributed by atoms with Crippen molar-refractivity contribution in [2.45, 2.75) is 58.7 Å². The molecule has 0 unspecified atom stereocenters. The Morgan fingerprint density at radius 1 is 1.35 bits per heavy atom. The van der Waals surface area contributed by atoms with Crippen molar-refractivity contribution in [3.05, 3.63) is 29.3 Å². The number of anilines is 1. The maximum atomic E-state index is 9.37. The van der Waals surface area contributed by atoms with E-state index in [2.05, 4.69) is 49.2 Å². The van der Waals surface area contributed by atoms with Crippen molar-refractivity contribution in [1.82, 2.24) is 5.32 Å². The zero-order chi connectivity index (χ0) is 14.5. The van der Waals surface area contributed by atoms with Crippen LogP contribution in [0, 0.1) is 6.92 Å². The summed E-state index contributed by atoms with van der Waals surface area (Å²) < 4.78 is 0. The number of nitrogens with zero attached hydrogens (tertiary/aromatic N) is 1. The number of hydrogen-bond donors (Lipinski definition) is 2. The molecule has 0 aromatic heterocycles. The van der Waals surface area contributed by atoms with Crippen molar-refractivity contribution in [3.8, 4) is 0 Å². The molecule has 1 fully saturated rings. The first kappa shape index (κ1) is 15.3. The molecule has 0 amide bonds. The van der Waals surface area contributed by atoms with Crippen LogP contribution < -0.4 is 10.2 Å². The van der Waals surface area contributed by atoms with Crippen LogP contribution in [0.4, 0.5) is 5.69 Å². The number of benzene rings is 1. The summed E-state index contributed by atoms with van der Waals surface area (Å²) in [6.45, 7) is 8.34. The van der Waals surface area contributed by atoms with Gasteiger partial charge < -0.3 is 15.3 Å². The number of hydrogen-bond acceptors (Lipinski definition) is 3. The SMILES string of the molecule is Cc1ccc(N(CCO)C2CCC2)c(CNC(C)C)c1. The van der Waals surface area contributed by atoms with Gasteiger partial charge in [-0.1, -0.05) is 31.5 Å². The van der Waals surface area contributed by atoms with Crippen molar-refractivity contribution >= 4 is 5.69 Å². The van der Waals surface area contributed by atoms with Crippen LogP contribution in [-0.2, 0) is 6.54 Å². The van der Waals surface area contributed by atoms with E-state index in [-0.39, 0.29) is 6.61 Å². The van der Waals surface area contributed by atoms with Gasteiger partial charge in [0.2, 0.25) is 0 Å². The molecular formula is C17H28N2O. The van der Waals surface area contributed by atoms with Crippen LogP contribution in [-0.4, -0.2) is 30.3 Å². The maximum Gasteiger partial charge on any atom is 0.0606 e. The summed E-state index contributed by atoms with van der Waals surface area (Å²) >= 11 is 0. The average molecular weight is 276 g/mol. The zero-order valence-electron chi connectivity index (χ0n) is 13.0. The summed E-state index contributed by atoms with van der Waals surface area (Å²) in [5.74, 6) is 0. The second kappa shape index (κ2) is 7.09. The van der Waals surface area contributed by atoms with Gasteiger partial charge in [-0.25, -0.2) is 0 Å². The summed E-state index contributed by atoms with van der Waals surface area (Å²) in [4.78, 5) is 2.40. The Kier molecular flexibility index (Phi) is 5.44. The fourth-order valence-corrected chi connectivity index (χ4v) is 2.76. The Morgan fingerprint density at radius 3 is 2.65 bits per heavy atom. The van der Waals surface area contributed by atoms with Crippen LogP contribution in [0.5, 0.6) is 0 Å². The van der Waals surface area contributed by atoms with E-state index in [1.54, 1.807) is 0 Å². The molecule has 1 aliphatic carbocycles. The lowest BCUT2D eigenvalue weighted by Crippen LogP contribution is -2.42. The molecule has 0 radical (unpaired) electrons. The normalized spacial score (nSPS) is 15.4. The second-order valence-electron chi connectivity index (χ2n) is 6.17. The highest BCUT2D eigenvalue weighted by atomic mass is 16.3. The maximum absolute atomic E-state index is 9.37. The Bertz CT molecular complexity index is 427. The van der Waals surface area contributed by atoms with E-state index in [1.165, 1.54) is 36.1 Å². The highest BCUT2D eigenvalue weighted by molar-refractivity contribution is 5.56. The van der Waals surface area contributed by atoms with Crippen LogP contribution >= 0.6 is 0 Å². The van der Waals surface area contributed by atoms with Gasteiger partial charge in [0.1, 0.15) is 0 Å². The Hall–Kier alpha value is -1.06. The van der Waals surface area contributed by atoms with Crippen molar-refractivity contribution in [3.63, 3.8) is 0 Å². The minimum Gasteiger partial charge on any atom is -0.395 e. The molecular weight excluding hydrogens is 248 g/mol.